The first-order chi connectivity index (χ1) is 19.0. The zero-order chi connectivity index (χ0) is 29.4. The number of carbonyl (C=O) groups is 2. The Balaban J connectivity index is 2.10. The number of amides is 2. The molecule has 2 unspecified atom stereocenters. The summed E-state index contributed by atoms with van der Waals surface area (Å²) in [5, 5.41) is 4.95. The van der Waals surface area contributed by atoms with Gasteiger partial charge in [-0.3, -0.25) is 19.1 Å². The molecule has 1 heterocycles. The van der Waals surface area contributed by atoms with Gasteiger partial charge in [0.1, 0.15) is 29.6 Å². The number of benzene rings is 2. The normalized spacial score (nSPS) is 12.1. The summed E-state index contributed by atoms with van der Waals surface area (Å²) in [6.45, 7) is 9.93. The zero-order valence-corrected chi connectivity index (χ0v) is 22.0. The van der Waals surface area contributed by atoms with E-state index in [0.29, 0.717) is 17.7 Å². The molecule has 3 aromatic rings. The summed E-state index contributed by atoms with van der Waals surface area (Å²) in [6.07, 6.45) is 4.09. The van der Waals surface area contributed by atoms with Gasteiger partial charge in [0.2, 0.25) is 5.43 Å². The number of halogens is 3. The van der Waals surface area contributed by atoms with E-state index in [-0.39, 0.29) is 12.3 Å². The Morgan fingerprint density at radius 2 is 1.62 bits per heavy atom. The Morgan fingerprint density at radius 3 is 2.23 bits per heavy atom. The summed E-state index contributed by atoms with van der Waals surface area (Å²) < 4.78 is 48.5. The van der Waals surface area contributed by atoms with E-state index < -0.39 is 70.2 Å². The molecule has 2 amide bonds. The Kier molecular flexibility index (Phi) is 9.91. The summed E-state index contributed by atoms with van der Waals surface area (Å²) in [6, 6.07) is 8.87. The summed E-state index contributed by atoms with van der Waals surface area (Å²) in [5.74, 6) is -5.66. The molecule has 0 saturated heterocycles. The molecule has 11 heteroatoms. The molecule has 2 atom stereocenters. The molecule has 0 aliphatic carbocycles. The molecule has 0 aliphatic rings. The monoisotopic (exact) mass is 554 g/mol. The third kappa shape index (κ3) is 7.19. The highest BCUT2D eigenvalue weighted by Crippen LogP contribution is 2.19. The maximum absolute atomic E-state index is 14.1. The highest BCUT2D eigenvalue weighted by atomic mass is 19.1. The molecule has 3 N–H and O–H groups in total. The quantitative estimate of drug-likeness (QED) is 0.292. The molecule has 0 bridgehead atoms. The van der Waals surface area contributed by atoms with Gasteiger partial charge >= 0.3 is 0 Å². The smallest absolute Gasteiger partial charge is 0.274 e. The van der Waals surface area contributed by atoms with Crippen LogP contribution in [0.4, 0.5) is 13.2 Å². The van der Waals surface area contributed by atoms with Crippen LogP contribution in [0.2, 0.25) is 0 Å². The molecule has 210 valence electrons. The van der Waals surface area contributed by atoms with E-state index >= 15 is 0 Å². The van der Waals surface area contributed by atoms with Crippen molar-refractivity contribution in [2.45, 2.75) is 39.1 Å². The Bertz CT molecular complexity index is 1450. The molecular formula is C29H29F3N4O4. The number of hydrogen-bond acceptors (Lipinski definition) is 5. The van der Waals surface area contributed by atoms with Crippen LogP contribution in [0.25, 0.3) is 0 Å². The number of nitrogens with one attached hydrogen (secondary N) is 3. The van der Waals surface area contributed by atoms with Gasteiger partial charge in [0.05, 0.1) is 6.04 Å². The fourth-order valence-corrected chi connectivity index (χ4v) is 3.54. The number of ether oxygens (including phenoxy) is 1. The molecule has 0 saturated carbocycles. The van der Waals surface area contributed by atoms with E-state index in [9.17, 15) is 27.6 Å². The second-order valence-electron chi connectivity index (χ2n) is 8.88. The lowest BCUT2D eigenvalue weighted by atomic mass is 10.1. The molecule has 0 radical (unpaired) electrons. The van der Waals surface area contributed by atoms with Crippen molar-refractivity contribution in [1.29, 1.82) is 0 Å². The van der Waals surface area contributed by atoms with E-state index in [0.717, 1.165) is 10.9 Å². The molecule has 3 rings (SSSR count). The Labute approximate surface area is 229 Å². The SMILES string of the molecule is C=CC(C)NC(=O)c1c(OCc2ccccc2)c(=O)c(C(=O)NCc2c(F)cc(F)cc2F)cn1NC(C)C=C. The van der Waals surface area contributed by atoms with E-state index in [1.165, 1.54) is 12.2 Å². The lowest BCUT2D eigenvalue weighted by molar-refractivity contribution is 0.0921. The van der Waals surface area contributed by atoms with Crippen molar-refractivity contribution in [2.75, 3.05) is 5.43 Å². The summed E-state index contributed by atoms with van der Waals surface area (Å²) in [7, 11) is 0. The van der Waals surface area contributed by atoms with Gasteiger partial charge in [0.25, 0.3) is 11.8 Å². The first kappa shape index (κ1) is 29.8. The number of pyridine rings is 1. The highest BCUT2D eigenvalue weighted by Gasteiger charge is 2.27. The van der Waals surface area contributed by atoms with Crippen molar-refractivity contribution in [2.24, 2.45) is 0 Å². The van der Waals surface area contributed by atoms with Gasteiger partial charge in [0, 0.05) is 36.5 Å². The average Bonchev–Trinajstić information content (AvgIpc) is 2.92. The number of rotatable bonds is 12. The van der Waals surface area contributed by atoms with Gasteiger partial charge in [-0.1, -0.05) is 42.5 Å². The van der Waals surface area contributed by atoms with Gasteiger partial charge < -0.3 is 20.8 Å². The van der Waals surface area contributed by atoms with Gasteiger partial charge in [-0.2, -0.15) is 0 Å². The van der Waals surface area contributed by atoms with Crippen molar-refractivity contribution in [1.82, 2.24) is 15.3 Å². The molecule has 0 spiro atoms. The molecule has 1 aromatic heterocycles. The topological polar surface area (TPSA) is 101 Å². The lowest BCUT2D eigenvalue weighted by Crippen LogP contribution is -2.40. The highest BCUT2D eigenvalue weighted by molar-refractivity contribution is 5.99. The Hall–Kier alpha value is -4.80. The predicted molar refractivity (Wildman–Crippen MR) is 145 cm³/mol. The second-order valence-corrected chi connectivity index (χ2v) is 8.88. The predicted octanol–water partition coefficient (Wildman–Crippen LogP) is 4.20. The first-order valence-corrected chi connectivity index (χ1v) is 12.3. The van der Waals surface area contributed by atoms with E-state index in [2.05, 4.69) is 29.2 Å². The number of aromatic nitrogens is 1. The third-order valence-corrected chi connectivity index (χ3v) is 5.79. The number of nitrogens with zero attached hydrogens (tertiary/aromatic N) is 1. The van der Waals surface area contributed by atoms with Crippen molar-refractivity contribution >= 4 is 11.8 Å². The molecule has 2 aromatic carbocycles. The minimum atomic E-state index is -1.20. The summed E-state index contributed by atoms with van der Waals surface area (Å²) >= 11 is 0. The van der Waals surface area contributed by atoms with Crippen LogP contribution in [0.5, 0.6) is 5.75 Å². The average molecular weight is 555 g/mol. The van der Waals surface area contributed by atoms with Crippen molar-refractivity contribution in [3.05, 3.63) is 124 Å². The number of hydrogen-bond donors (Lipinski definition) is 3. The van der Waals surface area contributed by atoms with Crippen molar-refractivity contribution < 1.29 is 27.5 Å². The third-order valence-electron chi connectivity index (χ3n) is 5.79. The lowest BCUT2D eigenvalue weighted by Gasteiger charge is -2.23. The number of carbonyl (C=O) groups excluding carboxylic acids is 2. The molecule has 0 aliphatic heterocycles. The fraction of sp³-hybridized carbons (Fsp3) is 0.207. The minimum absolute atomic E-state index is 0.110. The summed E-state index contributed by atoms with van der Waals surface area (Å²) in [5.41, 5.74) is 1.39. The van der Waals surface area contributed by atoms with Crippen molar-refractivity contribution in [3.8, 4) is 5.75 Å². The molecular weight excluding hydrogens is 525 g/mol. The van der Waals surface area contributed by atoms with Crippen molar-refractivity contribution in [3.63, 3.8) is 0 Å². The first-order valence-electron chi connectivity index (χ1n) is 12.3. The fourth-order valence-electron chi connectivity index (χ4n) is 3.54. The Morgan fingerprint density at radius 1 is 1.00 bits per heavy atom. The minimum Gasteiger partial charge on any atom is -0.482 e. The second kappa shape index (κ2) is 13.3. The maximum Gasteiger partial charge on any atom is 0.274 e. The molecule has 0 fully saturated rings. The van der Waals surface area contributed by atoms with Gasteiger partial charge in [0.15, 0.2) is 11.4 Å². The van der Waals surface area contributed by atoms with Crippen LogP contribution in [0.1, 0.15) is 45.8 Å². The van der Waals surface area contributed by atoms with E-state index in [1.807, 2.05) is 0 Å². The van der Waals surface area contributed by atoms with E-state index in [4.69, 9.17) is 4.74 Å². The summed E-state index contributed by atoms with van der Waals surface area (Å²) in [4.78, 5) is 40.0. The van der Waals surface area contributed by atoms with Gasteiger partial charge in [-0.25, -0.2) is 13.2 Å². The van der Waals surface area contributed by atoms with Gasteiger partial charge in [-0.05, 0) is 19.4 Å². The van der Waals surface area contributed by atoms with Crippen LogP contribution in [0.15, 0.2) is 78.8 Å². The van der Waals surface area contributed by atoms with Crippen LogP contribution in [-0.4, -0.2) is 28.6 Å². The van der Waals surface area contributed by atoms with Crippen LogP contribution in [0.3, 0.4) is 0 Å². The van der Waals surface area contributed by atoms with Crippen LogP contribution in [0, 0.1) is 17.5 Å². The zero-order valence-electron chi connectivity index (χ0n) is 22.0. The maximum atomic E-state index is 14.1. The standard InChI is InChI=1S/C29H29F3N4O4/c1-5-17(3)34-29(39)25-27(40-16-19-10-8-7-9-11-19)26(37)22(15-36(25)35-18(4)6-2)28(38)33-14-21-23(31)12-20(30)13-24(21)32/h5-13,15,17-18,35H,1-2,14,16H2,3-4H3,(H,33,38)(H,34,39). The van der Waals surface area contributed by atoms with Crippen LogP contribution < -0.4 is 26.2 Å². The van der Waals surface area contributed by atoms with E-state index in [1.54, 1.807) is 44.2 Å². The molecule has 40 heavy (non-hydrogen) atoms. The van der Waals surface area contributed by atoms with Gasteiger partial charge in [-0.15, -0.1) is 13.2 Å². The molecule has 8 nitrogen and oxygen atoms in total. The van der Waals surface area contributed by atoms with Crippen LogP contribution in [-0.2, 0) is 13.2 Å². The largest absolute Gasteiger partial charge is 0.482 e. The van der Waals surface area contributed by atoms with Crippen LogP contribution >= 0.6 is 0 Å².